The zero-order valence-corrected chi connectivity index (χ0v) is 14.7. The Bertz CT molecular complexity index is 797. The summed E-state index contributed by atoms with van der Waals surface area (Å²) in [6.45, 7) is 6.87. The van der Waals surface area contributed by atoms with Gasteiger partial charge in [-0.15, -0.1) is 0 Å². The lowest BCUT2D eigenvalue weighted by Crippen LogP contribution is -2.17. The van der Waals surface area contributed by atoms with Crippen LogP contribution < -0.4 is 10.6 Å². The highest BCUT2D eigenvalue weighted by Gasteiger charge is 2.13. The van der Waals surface area contributed by atoms with Crippen molar-refractivity contribution in [3.63, 3.8) is 0 Å². The minimum atomic E-state index is 0.584. The molecule has 0 aliphatic heterocycles. The van der Waals surface area contributed by atoms with Gasteiger partial charge in [-0.2, -0.15) is 0 Å². The van der Waals surface area contributed by atoms with Gasteiger partial charge in [-0.3, -0.25) is 0 Å². The van der Waals surface area contributed by atoms with E-state index < -0.39 is 0 Å². The highest BCUT2D eigenvalue weighted by atomic mass is 15.1. The van der Waals surface area contributed by atoms with Gasteiger partial charge in [0.25, 0.3) is 0 Å². The van der Waals surface area contributed by atoms with Gasteiger partial charge in [-0.25, -0.2) is 15.0 Å². The average Bonchev–Trinajstić information content (AvgIpc) is 3.04. The van der Waals surface area contributed by atoms with Gasteiger partial charge in [0, 0.05) is 18.4 Å². The van der Waals surface area contributed by atoms with Crippen LogP contribution in [0.2, 0.25) is 0 Å². The second kappa shape index (κ2) is 8.39. The summed E-state index contributed by atoms with van der Waals surface area (Å²) in [5.74, 6) is 1.62. The zero-order chi connectivity index (χ0) is 17.5. The highest BCUT2D eigenvalue weighted by molar-refractivity contribution is 5.59. The molecule has 2 heterocycles. The van der Waals surface area contributed by atoms with Crippen molar-refractivity contribution in [2.24, 2.45) is 0 Å². The normalized spacial score (nSPS) is 10.8. The molecule has 0 spiro atoms. The smallest absolute Gasteiger partial charge is 0.227 e. The van der Waals surface area contributed by atoms with Gasteiger partial charge < -0.3 is 15.2 Å². The van der Waals surface area contributed by atoms with E-state index in [9.17, 15) is 0 Å². The molecule has 0 atom stereocenters. The lowest BCUT2D eigenvalue weighted by Gasteiger charge is -2.12. The Morgan fingerprint density at radius 1 is 1.04 bits per heavy atom. The molecule has 3 aromatic rings. The molecule has 0 saturated carbocycles. The van der Waals surface area contributed by atoms with Crippen LogP contribution >= 0.6 is 0 Å². The van der Waals surface area contributed by atoms with Gasteiger partial charge in [0.2, 0.25) is 5.95 Å². The molecular weight excluding hydrogens is 312 g/mol. The Kier molecular flexibility index (Phi) is 5.74. The zero-order valence-electron chi connectivity index (χ0n) is 14.7. The summed E-state index contributed by atoms with van der Waals surface area (Å²) in [6.07, 6.45) is 4.72. The molecule has 6 nitrogen and oxygen atoms in total. The number of nitrogens with zero attached hydrogens (tertiary/aromatic N) is 4. The number of para-hydroxylation sites is 1. The van der Waals surface area contributed by atoms with E-state index >= 15 is 0 Å². The van der Waals surface area contributed by atoms with Crippen molar-refractivity contribution >= 4 is 11.6 Å². The molecule has 0 saturated heterocycles. The lowest BCUT2D eigenvalue weighted by atomic mass is 10.3. The topological polar surface area (TPSA) is 67.7 Å². The molecule has 2 N–H and O–H groups in total. The maximum atomic E-state index is 4.67. The molecule has 1 aromatic carbocycles. The second-order valence-electron chi connectivity index (χ2n) is 5.75. The monoisotopic (exact) mass is 336 g/mol. The summed E-state index contributed by atoms with van der Waals surface area (Å²) < 4.78 is 2.23. The number of imidazole rings is 1. The van der Waals surface area contributed by atoms with Crippen LogP contribution in [0.1, 0.15) is 26.1 Å². The molecular formula is C19H24N6. The van der Waals surface area contributed by atoms with E-state index in [1.54, 1.807) is 6.20 Å². The number of benzene rings is 1. The third-order valence-corrected chi connectivity index (χ3v) is 3.87. The van der Waals surface area contributed by atoms with Crippen LogP contribution in [0, 0.1) is 0 Å². The van der Waals surface area contributed by atoms with Crippen LogP contribution in [0.25, 0.3) is 11.4 Å². The van der Waals surface area contributed by atoms with E-state index in [2.05, 4.69) is 44.0 Å². The predicted molar refractivity (Wildman–Crippen MR) is 101 cm³/mol. The Labute approximate surface area is 148 Å². The maximum absolute atomic E-state index is 4.67. The van der Waals surface area contributed by atoms with Gasteiger partial charge in [-0.1, -0.05) is 32.0 Å². The number of nitrogens with one attached hydrogen (secondary N) is 2. The molecule has 0 radical (unpaired) electrons. The molecule has 3 rings (SSSR count). The van der Waals surface area contributed by atoms with Crippen LogP contribution in [0.4, 0.5) is 11.6 Å². The molecule has 2 aromatic heterocycles. The SMILES string of the molecule is CCCn1c(-c2ccnc(Nc3ccccc3)n2)cnc1CNCC. The second-order valence-corrected chi connectivity index (χ2v) is 5.75. The molecule has 25 heavy (non-hydrogen) atoms. The first-order valence-electron chi connectivity index (χ1n) is 8.72. The fraction of sp³-hybridized carbons (Fsp3) is 0.316. The molecule has 0 fully saturated rings. The molecule has 0 unspecified atom stereocenters. The summed E-state index contributed by atoms with van der Waals surface area (Å²) in [5, 5.41) is 6.59. The van der Waals surface area contributed by atoms with Crippen LogP contribution in [-0.4, -0.2) is 26.1 Å². The third-order valence-electron chi connectivity index (χ3n) is 3.87. The molecule has 0 bridgehead atoms. The van der Waals surface area contributed by atoms with Crippen LogP contribution in [-0.2, 0) is 13.1 Å². The Morgan fingerprint density at radius 2 is 1.88 bits per heavy atom. The average molecular weight is 336 g/mol. The first-order chi connectivity index (χ1) is 12.3. The van der Waals surface area contributed by atoms with Gasteiger partial charge in [0.15, 0.2) is 0 Å². The summed E-state index contributed by atoms with van der Waals surface area (Å²) in [6, 6.07) is 11.9. The van der Waals surface area contributed by atoms with E-state index in [0.29, 0.717) is 5.95 Å². The van der Waals surface area contributed by atoms with Gasteiger partial charge in [-0.05, 0) is 31.2 Å². The Balaban J connectivity index is 1.88. The quantitative estimate of drug-likeness (QED) is 0.658. The molecule has 6 heteroatoms. The van der Waals surface area contributed by atoms with Crippen molar-refractivity contribution in [3.8, 4) is 11.4 Å². The molecule has 0 amide bonds. The first kappa shape index (κ1) is 17.1. The van der Waals surface area contributed by atoms with Crippen LogP contribution in [0.15, 0.2) is 48.8 Å². The number of hydrogen-bond acceptors (Lipinski definition) is 5. The Morgan fingerprint density at radius 3 is 2.64 bits per heavy atom. The number of hydrogen-bond donors (Lipinski definition) is 2. The Hall–Kier alpha value is -2.73. The first-order valence-corrected chi connectivity index (χ1v) is 8.72. The number of aromatic nitrogens is 4. The fourth-order valence-electron chi connectivity index (χ4n) is 2.68. The molecule has 0 aliphatic carbocycles. The van der Waals surface area contributed by atoms with Gasteiger partial charge in [0.05, 0.1) is 24.1 Å². The predicted octanol–water partition coefficient (Wildman–Crippen LogP) is 3.60. The summed E-state index contributed by atoms with van der Waals surface area (Å²) in [7, 11) is 0. The summed E-state index contributed by atoms with van der Waals surface area (Å²) >= 11 is 0. The minimum absolute atomic E-state index is 0.584. The van der Waals surface area contributed by atoms with Crippen molar-refractivity contribution in [1.82, 2.24) is 24.8 Å². The lowest BCUT2D eigenvalue weighted by molar-refractivity contribution is 0.602. The van der Waals surface area contributed by atoms with E-state index in [4.69, 9.17) is 0 Å². The molecule has 130 valence electrons. The van der Waals surface area contributed by atoms with E-state index in [0.717, 1.165) is 49.0 Å². The largest absolute Gasteiger partial charge is 0.326 e. The van der Waals surface area contributed by atoms with E-state index in [1.807, 2.05) is 42.6 Å². The van der Waals surface area contributed by atoms with Gasteiger partial charge in [0.1, 0.15) is 5.82 Å². The third kappa shape index (κ3) is 4.22. The summed E-state index contributed by atoms with van der Waals surface area (Å²) in [4.78, 5) is 13.6. The van der Waals surface area contributed by atoms with E-state index in [1.165, 1.54) is 0 Å². The van der Waals surface area contributed by atoms with Crippen molar-refractivity contribution in [1.29, 1.82) is 0 Å². The van der Waals surface area contributed by atoms with Crippen molar-refractivity contribution in [2.45, 2.75) is 33.4 Å². The van der Waals surface area contributed by atoms with Crippen molar-refractivity contribution in [2.75, 3.05) is 11.9 Å². The van der Waals surface area contributed by atoms with E-state index in [-0.39, 0.29) is 0 Å². The highest BCUT2D eigenvalue weighted by Crippen LogP contribution is 2.21. The van der Waals surface area contributed by atoms with Crippen LogP contribution in [0.5, 0.6) is 0 Å². The summed E-state index contributed by atoms with van der Waals surface area (Å²) in [5.41, 5.74) is 2.86. The van der Waals surface area contributed by atoms with Crippen molar-refractivity contribution in [3.05, 3.63) is 54.6 Å². The van der Waals surface area contributed by atoms with Gasteiger partial charge >= 0.3 is 0 Å². The minimum Gasteiger partial charge on any atom is -0.326 e. The van der Waals surface area contributed by atoms with Crippen molar-refractivity contribution < 1.29 is 0 Å². The fourth-order valence-corrected chi connectivity index (χ4v) is 2.68. The maximum Gasteiger partial charge on any atom is 0.227 e. The molecule has 0 aliphatic rings. The number of rotatable bonds is 8. The number of anilines is 2. The standard InChI is InChI=1S/C19H24N6/c1-3-12-25-17(13-22-18(25)14-20-4-2)16-10-11-21-19(24-16)23-15-8-6-5-7-9-15/h5-11,13,20H,3-4,12,14H2,1-2H3,(H,21,23,24). The van der Waals surface area contributed by atoms with Crippen LogP contribution in [0.3, 0.4) is 0 Å².